The van der Waals surface area contributed by atoms with E-state index in [-0.39, 0.29) is 0 Å². The number of hydrogen-bond donors (Lipinski definition) is 1. The first-order valence-electron chi connectivity index (χ1n) is 7.69. The van der Waals surface area contributed by atoms with Crippen molar-refractivity contribution in [3.8, 4) is 0 Å². The van der Waals surface area contributed by atoms with E-state index in [4.69, 9.17) is 0 Å². The Morgan fingerprint density at radius 1 is 1.22 bits per heavy atom. The molecule has 108 valence electrons. The predicted octanol–water partition coefficient (Wildman–Crippen LogP) is 2.04. The zero-order valence-electron chi connectivity index (χ0n) is 12.9. The van der Waals surface area contributed by atoms with Crippen LogP contribution in [0.1, 0.15) is 39.5 Å². The van der Waals surface area contributed by atoms with Gasteiger partial charge in [0.1, 0.15) is 0 Å². The van der Waals surface area contributed by atoms with Crippen molar-refractivity contribution in [2.75, 3.05) is 46.8 Å². The summed E-state index contributed by atoms with van der Waals surface area (Å²) < 4.78 is 0. The van der Waals surface area contributed by atoms with E-state index < -0.39 is 0 Å². The monoisotopic (exact) mass is 255 g/mol. The molecule has 3 nitrogen and oxygen atoms in total. The summed E-state index contributed by atoms with van der Waals surface area (Å²) in [4.78, 5) is 4.98. The first-order chi connectivity index (χ1) is 8.59. The minimum Gasteiger partial charge on any atom is -0.315 e. The van der Waals surface area contributed by atoms with Gasteiger partial charge in [-0.15, -0.1) is 0 Å². The second-order valence-corrected chi connectivity index (χ2v) is 6.30. The molecule has 0 unspecified atom stereocenters. The Labute approximate surface area is 114 Å². The van der Waals surface area contributed by atoms with Crippen LogP contribution in [0.3, 0.4) is 0 Å². The van der Waals surface area contributed by atoms with E-state index in [0.29, 0.717) is 0 Å². The molecule has 0 aromatic rings. The lowest BCUT2D eigenvalue weighted by Crippen LogP contribution is -2.44. The van der Waals surface area contributed by atoms with Crippen molar-refractivity contribution >= 4 is 0 Å². The van der Waals surface area contributed by atoms with Gasteiger partial charge in [0.25, 0.3) is 0 Å². The summed E-state index contributed by atoms with van der Waals surface area (Å²) in [5.41, 5.74) is 0. The highest BCUT2D eigenvalue weighted by Gasteiger charge is 2.19. The molecule has 1 N–H and O–H groups in total. The van der Waals surface area contributed by atoms with Crippen LogP contribution in [-0.4, -0.2) is 62.7 Å². The van der Waals surface area contributed by atoms with E-state index in [0.717, 1.165) is 18.5 Å². The summed E-state index contributed by atoms with van der Waals surface area (Å²) in [5, 5.41) is 3.57. The first-order valence-corrected chi connectivity index (χ1v) is 7.69. The number of nitrogens with zero attached hydrogens (tertiary/aromatic N) is 2. The molecule has 0 radical (unpaired) electrons. The molecule has 1 saturated heterocycles. The molecule has 0 bridgehead atoms. The molecule has 1 heterocycles. The summed E-state index contributed by atoms with van der Waals surface area (Å²) in [7, 11) is 4.51. The molecule has 0 amide bonds. The maximum Gasteiger partial charge on any atom is 0.0117 e. The Kier molecular flexibility index (Phi) is 7.87. The molecule has 0 aromatic heterocycles. The zero-order chi connectivity index (χ0) is 13.4. The van der Waals surface area contributed by atoms with Gasteiger partial charge in [0.2, 0.25) is 0 Å². The van der Waals surface area contributed by atoms with Crippen molar-refractivity contribution in [3.05, 3.63) is 0 Å². The smallest absolute Gasteiger partial charge is 0.0117 e. The number of hydrogen-bond acceptors (Lipinski definition) is 3. The molecule has 0 aliphatic carbocycles. The highest BCUT2D eigenvalue weighted by atomic mass is 15.2. The Morgan fingerprint density at radius 2 is 1.89 bits per heavy atom. The van der Waals surface area contributed by atoms with Crippen LogP contribution in [0.5, 0.6) is 0 Å². The molecule has 0 aromatic carbocycles. The molecular weight excluding hydrogens is 222 g/mol. The van der Waals surface area contributed by atoms with Gasteiger partial charge < -0.3 is 15.1 Å². The molecule has 1 fully saturated rings. The average molecular weight is 255 g/mol. The Bertz CT molecular complexity index is 198. The van der Waals surface area contributed by atoms with E-state index in [9.17, 15) is 0 Å². The Hall–Kier alpha value is -0.120. The number of piperidine rings is 1. The van der Waals surface area contributed by atoms with Crippen molar-refractivity contribution in [2.24, 2.45) is 5.92 Å². The molecule has 1 aliphatic heterocycles. The molecular formula is C15H33N3. The third-order valence-electron chi connectivity index (χ3n) is 4.09. The number of likely N-dealkylation sites (tertiary alicyclic amines) is 1. The van der Waals surface area contributed by atoms with Gasteiger partial charge in [-0.3, -0.25) is 0 Å². The van der Waals surface area contributed by atoms with Crippen LogP contribution in [0.25, 0.3) is 0 Å². The summed E-state index contributed by atoms with van der Waals surface area (Å²) in [6.07, 6.45) is 5.33. The number of rotatable bonds is 8. The summed E-state index contributed by atoms with van der Waals surface area (Å²) >= 11 is 0. The lowest BCUT2D eigenvalue weighted by molar-refractivity contribution is 0.145. The molecule has 0 atom stereocenters. The average Bonchev–Trinajstić information content (AvgIpc) is 2.34. The molecule has 1 aliphatic rings. The van der Waals surface area contributed by atoms with Gasteiger partial charge in [0.05, 0.1) is 0 Å². The van der Waals surface area contributed by atoms with Gasteiger partial charge in [-0.1, -0.05) is 13.8 Å². The SMILES string of the molecule is CC(C)CCCNCCN(C)C1CCN(C)CC1. The highest BCUT2D eigenvalue weighted by Crippen LogP contribution is 2.13. The van der Waals surface area contributed by atoms with Crippen LogP contribution in [-0.2, 0) is 0 Å². The van der Waals surface area contributed by atoms with Gasteiger partial charge >= 0.3 is 0 Å². The van der Waals surface area contributed by atoms with Crippen molar-refractivity contribution < 1.29 is 0 Å². The van der Waals surface area contributed by atoms with E-state index in [1.54, 1.807) is 0 Å². The fraction of sp³-hybridized carbons (Fsp3) is 1.00. The summed E-state index contributed by atoms with van der Waals surface area (Å²) in [6.45, 7) is 10.6. The highest BCUT2D eigenvalue weighted by molar-refractivity contribution is 4.76. The standard InChI is InChI=1S/C15H33N3/c1-14(2)6-5-9-16-10-13-18(4)15-7-11-17(3)12-8-15/h14-16H,5-13H2,1-4H3. The Balaban J connectivity index is 1.98. The normalized spacial score (nSPS) is 19.0. The van der Waals surface area contributed by atoms with E-state index in [1.807, 2.05) is 0 Å². The van der Waals surface area contributed by atoms with Gasteiger partial charge in [0.15, 0.2) is 0 Å². The van der Waals surface area contributed by atoms with Gasteiger partial charge in [-0.25, -0.2) is 0 Å². The lowest BCUT2D eigenvalue weighted by Gasteiger charge is -2.35. The fourth-order valence-corrected chi connectivity index (χ4v) is 2.63. The fourth-order valence-electron chi connectivity index (χ4n) is 2.63. The van der Waals surface area contributed by atoms with E-state index in [1.165, 1.54) is 51.9 Å². The summed E-state index contributed by atoms with van der Waals surface area (Å²) in [5.74, 6) is 0.841. The largest absolute Gasteiger partial charge is 0.315 e. The van der Waals surface area contributed by atoms with E-state index >= 15 is 0 Å². The van der Waals surface area contributed by atoms with Crippen LogP contribution >= 0.6 is 0 Å². The van der Waals surface area contributed by atoms with Crippen molar-refractivity contribution in [2.45, 2.75) is 45.6 Å². The predicted molar refractivity (Wildman–Crippen MR) is 80.1 cm³/mol. The van der Waals surface area contributed by atoms with E-state index in [2.05, 4.69) is 43.1 Å². The van der Waals surface area contributed by atoms with Gasteiger partial charge in [-0.2, -0.15) is 0 Å². The molecule has 18 heavy (non-hydrogen) atoms. The topological polar surface area (TPSA) is 18.5 Å². The van der Waals surface area contributed by atoms with Crippen LogP contribution in [0, 0.1) is 5.92 Å². The van der Waals surface area contributed by atoms with Crippen molar-refractivity contribution in [3.63, 3.8) is 0 Å². The number of likely N-dealkylation sites (N-methyl/N-ethyl adjacent to an activating group) is 1. The Morgan fingerprint density at radius 3 is 2.50 bits per heavy atom. The van der Waals surface area contributed by atoms with Crippen molar-refractivity contribution in [1.29, 1.82) is 0 Å². The quantitative estimate of drug-likeness (QED) is 0.670. The zero-order valence-corrected chi connectivity index (χ0v) is 12.9. The second-order valence-electron chi connectivity index (χ2n) is 6.30. The molecule has 3 heteroatoms. The van der Waals surface area contributed by atoms with Crippen LogP contribution in [0.15, 0.2) is 0 Å². The minimum absolute atomic E-state index is 0.804. The van der Waals surface area contributed by atoms with Gasteiger partial charge in [-0.05, 0) is 65.3 Å². The number of nitrogens with one attached hydrogen (secondary N) is 1. The van der Waals surface area contributed by atoms with Crippen LogP contribution < -0.4 is 5.32 Å². The third kappa shape index (κ3) is 6.72. The first kappa shape index (κ1) is 15.9. The maximum atomic E-state index is 3.57. The van der Waals surface area contributed by atoms with Crippen LogP contribution in [0.4, 0.5) is 0 Å². The lowest BCUT2D eigenvalue weighted by atomic mass is 10.0. The summed E-state index contributed by atoms with van der Waals surface area (Å²) in [6, 6.07) is 0.804. The third-order valence-corrected chi connectivity index (χ3v) is 4.09. The van der Waals surface area contributed by atoms with Gasteiger partial charge in [0, 0.05) is 19.1 Å². The minimum atomic E-state index is 0.804. The second kappa shape index (κ2) is 8.89. The van der Waals surface area contributed by atoms with Crippen molar-refractivity contribution in [1.82, 2.24) is 15.1 Å². The van der Waals surface area contributed by atoms with Crippen LogP contribution in [0.2, 0.25) is 0 Å². The molecule has 1 rings (SSSR count). The maximum absolute atomic E-state index is 3.57. The molecule has 0 spiro atoms. The molecule has 0 saturated carbocycles.